The van der Waals surface area contributed by atoms with Gasteiger partial charge in [-0.25, -0.2) is 0 Å². The molecular formula is C23H32IN3O4. The molecule has 2 aromatic rings. The van der Waals surface area contributed by atoms with Crippen LogP contribution in [-0.2, 0) is 27.1 Å². The number of rotatable bonds is 8. The first-order chi connectivity index (χ1) is 14.8. The Morgan fingerprint density at radius 2 is 1.77 bits per heavy atom. The maximum absolute atomic E-state index is 6.20. The molecule has 2 fully saturated rings. The number of ether oxygens (including phenoxy) is 3. The molecule has 1 aromatic carbocycles. The minimum atomic E-state index is -0.466. The van der Waals surface area contributed by atoms with Gasteiger partial charge in [-0.15, -0.1) is 24.0 Å². The van der Waals surface area contributed by atoms with E-state index in [9.17, 15) is 0 Å². The molecule has 31 heavy (non-hydrogen) atoms. The van der Waals surface area contributed by atoms with Crippen molar-refractivity contribution in [3.63, 3.8) is 0 Å². The smallest absolute Gasteiger partial charge is 0.191 e. The SMILES string of the molecule is I.c1ccc(CCNC(=NCC2COC3(CCOCC3)O2)NCCc2ccco2)cc1. The molecule has 170 valence electrons. The highest BCUT2D eigenvalue weighted by atomic mass is 127. The Kier molecular flexibility index (Phi) is 9.63. The summed E-state index contributed by atoms with van der Waals surface area (Å²) in [4.78, 5) is 4.76. The molecule has 0 amide bonds. The lowest BCUT2D eigenvalue weighted by Crippen LogP contribution is -2.40. The van der Waals surface area contributed by atoms with Crippen LogP contribution in [0.2, 0.25) is 0 Å². The molecule has 0 bridgehead atoms. The Morgan fingerprint density at radius 1 is 1.00 bits per heavy atom. The van der Waals surface area contributed by atoms with Crippen molar-refractivity contribution in [3.05, 3.63) is 60.1 Å². The predicted molar refractivity (Wildman–Crippen MR) is 130 cm³/mol. The Labute approximate surface area is 200 Å². The van der Waals surface area contributed by atoms with Gasteiger partial charge in [-0.3, -0.25) is 4.99 Å². The quantitative estimate of drug-likeness (QED) is 0.304. The summed E-state index contributed by atoms with van der Waals surface area (Å²) < 4.78 is 23.0. The average molecular weight is 541 g/mol. The normalized spacial score (nSPS) is 20.4. The van der Waals surface area contributed by atoms with Gasteiger partial charge in [-0.05, 0) is 24.1 Å². The van der Waals surface area contributed by atoms with E-state index < -0.39 is 5.79 Å². The van der Waals surface area contributed by atoms with Crippen LogP contribution in [0.25, 0.3) is 0 Å². The fourth-order valence-electron chi connectivity index (χ4n) is 3.75. The molecule has 2 N–H and O–H groups in total. The van der Waals surface area contributed by atoms with Gasteiger partial charge < -0.3 is 29.3 Å². The second-order valence-electron chi connectivity index (χ2n) is 7.68. The zero-order valence-corrected chi connectivity index (χ0v) is 20.1. The Morgan fingerprint density at radius 3 is 2.52 bits per heavy atom. The lowest BCUT2D eigenvalue weighted by Gasteiger charge is -2.31. The summed E-state index contributed by atoms with van der Waals surface area (Å²) in [7, 11) is 0. The molecule has 0 aliphatic carbocycles. The Hall–Kier alpha value is -1.62. The van der Waals surface area contributed by atoms with Gasteiger partial charge in [0, 0.05) is 32.4 Å². The van der Waals surface area contributed by atoms with Gasteiger partial charge in [0.1, 0.15) is 11.9 Å². The Bertz CT molecular complexity index is 779. The maximum Gasteiger partial charge on any atom is 0.191 e. The molecule has 0 saturated carbocycles. The highest BCUT2D eigenvalue weighted by Crippen LogP contribution is 2.33. The molecule has 1 spiro atoms. The van der Waals surface area contributed by atoms with E-state index in [2.05, 4.69) is 34.9 Å². The van der Waals surface area contributed by atoms with Gasteiger partial charge in [0.25, 0.3) is 0 Å². The van der Waals surface area contributed by atoms with Gasteiger partial charge in [0.15, 0.2) is 11.7 Å². The number of nitrogens with one attached hydrogen (secondary N) is 2. The maximum atomic E-state index is 6.20. The van der Waals surface area contributed by atoms with E-state index in [1.165, 1.54) is 5.56 Å². The van der Waals surface area contributed by atoms with Crippen LogP contribution in [0.5, 0.6) is 0 Å². The summed E-state index contributed by atoms with van der Waals surface area (Å²) in [6, 6.07) is 14.3. The minimum Gasteiger partial charge on any atom is -0.469 e. The van der Waals surface area contributed by atoms with Crippen LogP contribution in [-0.4, -0.2) is 57.3 Å². The van der Waals surface area contributed by atoms with Gasteiger partial charge in [0.05, 0.1) is 32.6 Å². The van der Waals surface area contributed by atoms with Crippen LogP contribution in [0.4, 0.5) is 0 Å². The number of furan rings is 1. The van der Waals surface area contributed by atoms with Crippen LogP contribution < -0.4 is 10.6 Å². The molecule has 2 saturated heterocycles. The first kappa shape index (κ1) is 24.0. The number of aliphatic imine (C=N–C) groups is 1. The standard InChI is InChI=1S/C23H31N3O4.HI/c1-2-5-19(6-3-1)8-12-24-22(25-13-9-20-7-4-14-28-20)26-17-21-18-29-23(30-21)10-15-27-16-11-23;/h1-7,14,21H,8-13,15-18H2,(H2,24,25,26);1H. The van der Waals surface area contributed by atoms with E-state index in [4.69, 9.17) is 23.6 Å². The molecule has 7 nitrogen and oxygen atoms in total. The lowest BCUT2D eigenvalue weighted by molar-refractivity contribution is -0.210. The number of benzene rings is 1. The Balaban J connectivity index is 0.00000272. The van der Waals surface area contributed by atoms with Crippen molar-refractivity contribution >= 4 is 29.9 Å². The van der Waals surface area contributed by atoms with Gasteiger partial charge in [-0.1, -0.05) is 30.3 Å². The van der Waals surface area contributed by atoms with Crippen molar-refractivity contribution in [1.29, 1.82) is 0 Å². The van der Waals surface area contributed by atoms with Crippen LogP contribution in [0.1, 0.15) is 24.2 Å². The van der Waals surface area contributed by atoms with Crippen LogP contribution in [0, 0.1) is 0 Å². The molecule has 4 rings (SSSR count). The fraction of sp³-hybridized carbons (Fsp3) is 0.522. The molecule has 2 aliphatic heterocycles. The number of hydrogen-bond donors (Lipinski definition) is 2. The van der Waals surface area contributed by atoms with E-state index in [0.29, 0.717) is 26.4 Å². The van der Waals surface area contributed by atoms with Crippen molar-refractivity contribution in [1.82, 2.24) is 10.6 Å². The summed E-state index contributed by atoms with van der Waals surface area (Å²) >= 11 is 0. The molecule has 2 aliphatic rings. The zero-order valence-electron chi connectivity index (χ0n) is 17.8. The minimum absolute atomic E-state index is 0. The molecule has 1 unspecified atom stereocenters. The highest BCUT2D eigenvalue weighted by Gasteiger charge is 2.42. The highest BCUT2D eigenvalue weighted by molar-refractivity contribution is 14.0. The summed E-state index contributed by atoms with van der Waals surface area (Å²) in [6.45, 7) is 4.07. The summed E-state index contributed by atoms with van der Waals surface area (Å²) in [6.07, 6.45) is 4.99. The fourth-order valence-corrected chi connectivity index (χ4v) is 3.75. The molecule has 3 heterocycles. The monoisotopic (exact) mass is 541 g/mol. The number of hydrogen-bond acceptors (Lipinski definition) is 5. The number of guanidine groups is 1. The van der Waals surface area contributed by atoms with Crippen molar-refractivity contribution in [3.8, 4) is 0 Å². The summed E-state index contributed by atoms with van der Waals surface area (Å²) in [5.41, 5.74) is 1.30. The van der Waals surface area contributed by atoms with Crippen molar-refractivity contribution in [2.75, 3.05) is 39.5 Å². The van der Waals surface area contributed by atoms with E-state index in [1.807, 2.05) is 18.2 Å². The summed E-state index contributed by atoms with van der Waals surface area (Å²) in [5.74, 6) is 1.28. The van der Waals surface area contributed by atoms with Crippen molar-refractivity contribution in [2.45, 2.75) is 37.6 Å². The van der Waals surface area contributed by atoms with Crippen LogP contribution in [0.3, 0.4) is 0 Å². The third-order valence-electron chi connectivity index (χ3n) is 5.41. The molecule has 1 aromatic heterocycles. The first-order valence-electron chi connectivity index (χ1n) is 10.8. The largest absolute Gasteiger partial charge is 0.469 e. The molecule has 1 atom stereocenters. The number of halogens is 1. The second kappa shape index (κ2) is 12.4. The average Bonchev–Trinajstić information content (AvgIpc) is 3.43. The van der Waals surface area contributed by atoms with E-state index >= 15 is 0 Å². The topological polar surface area (TPSA) is 77.3 Å². The van der Waals surface area contributed by atoms with Gasteiger partial charge in [0.2, 0.25) is 0 Å². The van der Waals surface area contributed by atoms with E-state index in [1.54, 1.807) is 6.26 Å². The van der Waals surface area contributed by atoms with E-state index in [-0.39, 0.29) is 30.1 Å². The predicted octanol–water partition coefficient (Wildman–Crippen LogP) is 3.14. The van der Waals surface area contributed by atoms with Crippen molar-refractivity contribution in [2.24, 2.45) is 4.99 Å². The molecular weight excluding hydrogens is 509 g/mol. The van der Waals surface area contributed by atoms with Crippen LogP contribution >= 0.6 is 24.0 Å². The van der Waals surface area contributed by atoms with Gasteiger partial charge in [-0.2, -0.15) is 0 Å². The molecule has 8 heteroatoms. The summed E-state index contributed by atoms with van der Waals surface area (Å²) in [5, 5.41) is 6.84. The second-order valence-corrected chi connectivity index (χ2v) is 7.68. The third kappa shape index (κ3) is 7.48. The number of nitrogens with zero attached hydrogens (tertiary/aromatic N) is 1. The van der Waals surface area contributed by atoms with Crippen molar-refractivity contribution < 1.29 is 18.6 Å². The van der Waals surface area contributed by atoms with E-state index in [0.717, 1.165) is 50.5 Å². The first-order valence-corrected chi connectivity index (χ1v) is 10.8. The lowest BCUT2D eigenvalue weighted by atomic mass is 10.1. The zero-order chi connectivity index (χ0) is 20.5. The van der Waals surface area contributed by atoms with Gasteiger partial charge >= 0.3 is 0 Å². The third-order valence-corrected chi connectivity index (χ3v) is 5.41. The van der Waals surface area contributed by atoms with Crippen LogP contribution in [0.15, 0.2) is 58.1 Å². The molecule has 0 radical (unpaired) electrons.